The minimum atomic E-state index is -1.22. The standard InChI is InChI=1S/C4H2Cl3NO3/c5-2(6)3(7)11-4(10)8-1-9/h2-3H. The van der Waals surface area contributed by atoms with Gasteiger partial charge in [0.25, 0.3) is 0 Å². The molecule has 4 nitrogen and oxygen atoms in total. The van der Waals surface area contributed by atoms with E-state index in [1.165, 1.54) is 0 Å². The highest BCUT2D eigenvalue weighted by Crippen LogP contribution is 2.15. The zero-order chi connectivity index (χ0) is 8.85. The molecule has 1 unspecified atom stereocenters. The summed E-state index contributed by atoms with van der Waals surface area (Å²) in [5.74, 6) is 0. The second-order valence-electron chi connectivity index (χ2n) is 1.27. The molecule has 0 saturated carbocycles. The number of rotatable bonds is 2. The fourth-order valence-electron chi connectivity index (χ4n) is 0.211. The van der Waals surface area contributed by atoms with Crippen LogP contribution in [0.3, 0.4) is 0 Å². The summed E-state index contributed by atoms with van der Waals surface area (Å²) in [7, 11) is 0. The van der Waals surface area contributed by atoms with Gasteiger partial charge in [-0.15, -0.1) is 0 Å². The molecule has 1 atom stereocenters. The molecule has 0 bridgehead atoms. The average molecular weight is 218 g/mol. The maximum absolute atomic E-state index is 10.3. The number of carbonyl (C=O) groups excluding carboxylic acids is 2. The van der Waals surface area contributed by atoms with Gasteiger partial charge in [0, 0.05) is 0 Å². The number of ether oxygens (including phenoxy) is 1. The first kappa shape index (κ1) is 10.7. The lowest BCUT2D eigenvalue weighted by atomic mass is 10.8. The van der Waals surface area contributed by atoms with Gasteiger partial charge in [0.05, 0.1) is 0 Å². The highest BCUT2D eigenvalue weighted by atomic mass is 35.5. The number of hydrogen-bond acceptors (Lipinski definition) is 3. The third-order valence-electron chi connectivity index (χ3n) is 0.548. The van der Waals surface area contributed by atoms with Crippen LogP contribution in [0.5, 0.6) is 0 Å². The lowest BCUT2D eigenvalue weighted by Crippen LogP contribution is -2.16. The summed E-state index contributed by atoms with van der Waals surface area (Å²) in [6, 6.07) is 0. The Morgan fingerprint density at radius 1 is 1.45 bits per heavy atom. The Balaban J connectivity index is 3.84. The van der Waals surface area contributed by atoms with Gasteiger partial charge in [-0.05, 0) is 0 Å². The van der Waals surface area contributed by atoms with E-state index in [2.05, 4.69) is 9.73 Å². The minimum Gasteiger partial charge on any atom is -0.425 e. The molecule has 0 aliphatic carbocycles. The van der Waals surface area contributed by atoms with Crippen LogP contribution in [0.15, 0.2) is 4.99 Å². The van der Waals surface area contributed by atoms with Crippen molar-refractivity contribution in [1.82, 2.24) is 0 Å². The predicted molar refractivity (Wildman–Crippen MR) is 39.7 cm³/mol. The van der Waals surface area contributed by atoms with Crippen molar-refractivity contribution in [3.8, 4) is 0 Å². The molecule has 0 fully saturated rings. The largest absolute Gasteiger partial charge is 0.446 e. The molecule has 0 rings (SSSR count). The SMILES string of the molecule is O=C=NC(=O)OC(Cl)C(Cl)Cl. The number of alkyl halides is 3. The highest BCUT2D eigenvalue weighted by molar-refractivity contribution is 6.48. The van der Waals surface area contributed by atoms with Gasteiger partial charge < -0.3 is 4.74 Å². The molecular weight excluding hydrogens is 216 g/mol. The van der Waals surface area contributed by atoms with Crippen molar-refractivity contribution in [2.75, 3.05) is 0 Å². The summed E-state index contributed by atoms with van der Waals surface area (Å²) in [5, 5.41) is 0. The Kier molecular flexibility index (Phi) is 5.24. The van der Waals surface area contributed by atoms with Gasteiger partial charge >= 0.3 is 6.09 Å². The van der Waals surface area contributed by atoms with Gasteiger partial charge in [0.15, 0.2) is 4.84 Å². The van der Waals surface area contributed by atoms with E-state index in [0.29, 0.717) is 0 Å². The molecule has 0 radical (unpaired) electrons. The second-order valence-corrected chi connectivity index (χ2v) is 2.87. The lowest BCUT2D eigenvalue weighted by molar-refractivity contribution is 0.148. The molecule has 7 heteroatoms. The zero-order valence-electron chi connectivity index (χ0n) is 4.96. The molecule has 0 aliphatic heterocycles. The van der Waals surface area contributed by atoms with E-state index in [-0.39, 0.29) is 0 Å². The number of isocyanates is 1. The van der Waals surface area contributed by atoms with Crippen LogP contribution >= 0.6 is 34.8 Å². The quantitative estimate of drug-likeness (QED) is 0.404. The van der Waals surface area contributed by atoms with Crippen LogP contribution in [-0.4, -0.2) is 22.6 Å². The normalized spacial score (nSPS) is 12.0. The zero-order valence-corrected chi connectivity index (χ0v) is 7.23. The molecule has 0 aromatic carbocycles. The smallest absolute Gasteiger partial charge is 0.425 e. The van der Waals surface area contributed by atoms with Crippen LogP contribution < -0.4 is 0 Å². The molecule has 1 amide bonds. The maximum atomic E-state index is 10.3. The molecule has 0 aromatic heterocycles. The monoisotopic (exact) mass is 217 g/mol. The van der Waals surface area contributed by atoms with Gasteiger partial charge in [-0.3, -0.25) is 0 Å². The van der Waals surface area contributed by atoms with E-state index >= 15 is 0 Å². The lowest BCUT2D eigenvalue weighted by Gasteiger charge is -2.07. The molecule has 0 N–H and O–H groups in total. The van der Waals surface area contributed by atoms with Crippen molar-refractivity contribution < 1.29 is 14.3 Å². The number of hydrogen-bond donors (Lipinski definition) is 0. The molecule has 0 spiro atoms. The molecule has 0 heterocycles. The van der Waals surface area contributed by atoms with Gasteiger partial charge in [-0.1, -0.05) is 39.8 Å². The van der Waals surface area contributed by atoms with Crippen LogP contribution in [-0.2, 0) is 9.53 Å². The van der Waals surface area contributed by atoms with E-state index in [1.54, 1.807) is 0 Å². The van der Waals surface area contributed by atoms with Crippen LogP contribution in [0.25, 0.3) is 0 Å². The average Bonchev–Trinajstić information content (AvgIpc) is 1.87. The summed E-state index contributed by atoms with van der Waals surface area (Å²) in [4.78, 5) is 21.3. The first-order chi connectivity index (χ1) is 5.07. The van der Waals surface area contributed by atoms with Gasteiger partial charge in [-0.25, -0.2) is 9.59 Å². The van der Waals surface area contributed by atoms with Crippen molar-refractivity contribution in [3.05, 3.63) is 0 Å². The van der Waals surface area contributed by atoms with Crippen molar-refractivity contribution in [2.45, 2.75) is 10.4 Å². The van der Waals surface area contributed by atoms with E-state index in [4.69, 9.17) is 34.8 Å². The molecule has 0 aromatic rings. The summed E-state index contributed by atoms with van der Waals surface area (Å²) in [5.41, 5.74) is -1.22. The minimum absolute atomic E-state index is 0.967. The maximum Gasteiger partial charge on any atom is 0.446 e. The fraction of sp³-hybridized carbons (Fsp3) is 0.500. The van der Waals surface area contributed by atoms with E-state index < -0.39 is 16.5 Å². The van der Waals surface area contributed by atoms with Crippen LogP contribution in [0.1, 0.15) is 0 Å². The summed E-state index contributed by atoms with van der Waals surface area (Å²) < 4.78 is 4.19. The van der Waals surface area contributed by atoms with Crippen LogP contribution in [0.4, 0.5) is 4.79 Å². The summed E-state index contributed by atoms with van der Waals surface area (Å²) >= 11 is 15.6. The van der Waals surface area contributed by atoms with Gasteiger partial charge in [0.1, 0.15) is 0 Å². The number of aliphatic imine (C=N–C) groups is 1. The van der Waals surface area contributed by atoms with Crippen molar-refractivity contribution in [1.29, 1.82) is 0 Å². The number of amides is 1. The number of carbonyl (C=O) groups is 1. The van der Waals surface area contributed by atoms with Crippen molar-refractivity contribution in [2.24, 2.45) is 4.99 Å². The fourth-order valence-corrected chi connectivity index (χ4v) is 0.390. The first-order valence-electron chi connectivity index (χ1n) is 2.28. The Bertz CT molecular complexity index is 189. The molecule has 62 valence electrons. The second kappa shape index (κ2) is 5.38. The van der Waals surface area contributed by atoms with Crippen LogP contribution in [0.2, 0.25) is 0 Å². The van der Waals surface area contributed by atoms with E-state index in [9.17, 15) is 9.59 Å². The summed E-state index contributed by atoms with van der Waals surface area (Å²) in [6.45, 7) is 0. The highest BCUT2D eigenvalue weighted by Gasteiger charge is 2.17. The summed E-state index contributed by atoms with van der Waals surface area (Å²) in [6.07, 6.45) is -0.207. The Morgan fingerprint density at radius 2 is 2.00 bits per heavy atom. The number of halogens is 3. The number of nitrogens with zero attached hydrogens (tertiary/aromatic N) is 1. The Hall–Kier alpha value is -0.280. The topological polar surface area (TPSA) is 55.7 Å². The van der Waals surface area contributed by atoms with Crippen molar-refractivity contribution >= 4 is 47.0 Å². The van der Waals surface area contributed by atoms with Gasteiger partial charge in [0.2, 0.25) is 11.6 Å². The third-order valence-corrected chi connectivity index (χ3v) is 1.61. The Labute approximate surface area is 77.1 Å². The van der Waals surface area contributed by atoms with Gasteiger partial charge in [-0.2, -0.15) is 0 Å². The third kappa shape index (κ3) is 5.04. The van der Waals surface area contributed by atoms with Crippen LogP contribution in [0, 0.1) is 0 Å². The molecule has 11 heavy (non-hydrogen) atoms. The first-order valence-corrected chi connectivity index (χ1v) is 3.59. The molecule has 0 aliphatic rings. The Morgan fingerprint density at radius 3 is 2.36 bits per heavy atom. The molecule has 0 saturated heterocycles. The molecular formula is C4H2Cl3NO3. The van der Waals surface area contributed by atoms with E-state index in [0.717, 1.165) is 6.08 Å². The predicted octanol–water partition coefficient (Wildman–Crippen LogP) is 1.83. The van der Waals surface area contributed by atoms with Crippen molar-refractivity contribution in [3.63, 3.8) is 0 Å². The van der Waals surface area contributed by atoms with E-state index in [1.807, 2.05) is 0 Å².